The maximum atomic E-state index is 14.9. The Balaban J connectivity index is 1.53. The highest BCUT2D eigenvalue weighted by Gasteiger charge is 2.29. The van der Waals surface area contributed by atoms with Crippen LogP contribution in [0.4, 0.5) is 22.0 Å². The second-order valence-electron chi connectivity index (χ2n) is 9.21. The molecular formula is C29H27F5. The Morgan fingerprint density at radius 1 is 0.765 bits per heavy atom. The summed E-state index contributed by atoms with van der Waals surface area (Å²) in [5.74, 6) is 0.430. The van der Waals surface area contributed by atoms with Crippen molar-refractivity contribution in [3.8, 4) is 11.8 Å². The van der Waals surface area contributed by atoms with Gasteiger partial charge in [-0.1, -0.05) is 56.6 Å². The molecule has 0 aliphatic heterocycles. The van der Waals surface area contributed by atoms with Crippen molar-refractivity contribution in [2.24, 2.45) is 5.92 Å². The van der Waals surface area contributed by atoms with E-state index < -0.39 is 29.1 Å². The lowest BCUT2D eigenvalue weighted by atomic mass is 9.76. The molecule has 0 atom stereocenters. The summed E-state index contributed by atoms with van der Waals surface area (Å²) >= 11 is 0. The fourth-order valence-corrected chi connectivity index (χ4v) is 4.98. The highest BCUT2D eigenvalue weighted by atomic mass is 19.2. The Hall–Kier alpha value is -2.87. The molecule has 0 bridgehead atoms. The number of benzene rings is 3. The molecular weight excluding hydrogens is 443 g/mol. The summed E-state index contributed by atoms with van der Waals surface area (Å²) in [6.07, 6.45) is 7.81. The van der Waals surface area contributed by atoms with E-state index in [0.717, 1.165) is 31.4 Å². The van der Waals surface area contributed by atoms with Gasteiger partial charge in [-0.25, -0.2) is 22.0 Å². The first-order valence-corrected chi connectivity index (χ1v) is 12.0. The second-order valence-corrected chi connectivity index (χ2v) is 9.21. The highest BCUT2D eigenvalue weighted by Crippen LogP contribution is 2.40. The van der Waals surface area contributed by atoms with Crippen LogP contribution in [0.15, 0.2) is 36.4 Å². The van der Waals surface area contributed by atoms with Crippen LogP contribution >= 0.6 is 0 Å². The van der Waals surface area contributed by atoms with Gasteiger partial charge in [0.2, 0.25) is 0 Å². The molecule has 0 nitrogen and oxygen atoms in total. The van der Waals surface area contributed by atoms with Crippen molar-refractivity contribution in [3.63, 3.8) is 0 Å². The average Bonchev–Trinajstić information content (AvgIpc) is 2.84. The third kappa shape index (κ3) is 5.12. The summed E-state index contributed by atoms with van der Waals surface area (Å²) < 4.78 is 71.8. The van der Waals surface area contributed by atoms with E-state index >= 15 is 0 Å². The monoisotopic (exact) mass is 470 g/mol. The third-order valence-corrected chi connectivity index (χ3v) is 6.91. The van der Waals surface area contributed by atoms with E-state index in [0.29, 0.717) is 29.7 Å². The number of fused-ring (bicyclic) bond motifs is 1. The molecule has 0 heterocycles. The van der Waals surface area contributed by atoms with Crippen LogP contribution in [0.2, 0.25) is 0 Å². The summed E-state index contributed by atoms with van der Waals surface area (Å²) in [4.78, 5) is 0. The summed E-state index contributed by atoms with van der Waals surface area (Å²) in [5, 5.41) is 0.516. The van der Waals surface area contributed by atoms with E-state index in [1.165, 1.54) is 43.5 Å². The minimum atomic E-state index is -1.16. The molecule has 0 N–H and O–H groups in total. The molecule has 0 saturated heterocycles. The summed E-state index contributed by atoms with van der Waals surface area (Å²) in [6.45, 7) is 2.16. The molecule has 34 heavy (non-hydrogen) atoms. The lowest BCUT2D eigenvalue weighted by Gasteiger charge is -2.29. The van der Waals surface area contributed by atoms with Crippen molar-refractivity contribution in [2.75, 3.05) is 0 Å². The molecule has 1 aliphatic carbocycles. The second kappa shape index (κ2) is 10.6. The van der Waals surface area contributed by atoms with Crippen molar-refractivity contribution in [3.05, 3.63) is 82.2 Å². The zero-order valence-electron chi connectivity index (χ0n) is 19.2. The molecule has 3 aromatic rings. The molecule has 5 heteroatoms. The van der Waals surface area contributed by atoms with Crippen LogP contribution in [0, 0.1) is 46.8 Å². The quantitative estimate of drug-likeness (QED) is 0.151. The van der Waals surface area contributed by atoms with Crippen LogP contribution in [-0.4, -0.2) is 0 Å². The molecule has 0 aromatic heterocycles. The first-order chi connectivity index (χ1) is 16.4. The molecule has 0 spiro atoms. The molecule has 0 radical (unpaired) electrons. The van der Waals surface area contributed by atoms with Crippen molar-refractivity contribution >= 4 is 10.8 Å². The molecule has 4 rings (SSSR count). The zero-order chi connectivity index (χ0) is 24.2. The number of unbranched alkanes of at least 4 members (excludes halogenated alkanes) is 2. The van der Waals surface area contributed by atoms with Crippen LogP contribution in [-0.2, 0) is 0 Å². The van der Waals surface area contributed by atoms with E-state index in [1.807, 2.05) is 0 Å². The normalized spacial score (nSPS) is 18.1. The van der Waals surface area contributed by atoms with Crippen LogP contribution < -0.4 is 0 Å². The van der Waals surface area contributed by atoms with Gasteiger partial charge in [-0.2, -0.15) is 0 Å². The van der Waals surface area contributed by atoms with Crippen molar-refractivity contribution < 1.29 is 22.0 Å². The molecule has 178 valence electrons. The van der Waals surface area contributed by atoms with Gasteiger partial charge in [-0.15, -0.1) is 0 Å². The first-order valence-electron chi connectivity index (χ1n) is 12.0. The SMILES string of the molecule is CCCCCC1CCC(c2c(F)cc(C#Cc3ccc4c(F)c(F)ccc4c3)c(F)c2F)CC1. The number of halogens is 5. The van der Waals surface area contributed by atoms with Crippen LogP contribution in [0.1, 0.15) is 80.9 Å². The summed E-state index contributed by atoms with van der Waals surface area (Å²) in [6, 6.07) is 7.72. The minimum absolute atomic E-state index is 0.0956. The van der Waals surface area contributed by atoms with Gasteiger partial charge >= 0.3 is 0 Å². The topological polar surface area (TPSA) is 0 Å². The van der Waals surface area contributed by atoms with E-state index in [9.17, 15) is 22.0 Å². The number of hydrogen-bond acceptors (Lipinski definition) is 0. The fraction of sp³-hybridized carbons (Fsp3) is 0.379. The molecule has 1 saturated carbocycles. The maximum absolute atomic E-state index is 14.9. The average molecular weight is 471 g/mol. The minimum Gasteiger partial charge on any atom is -0.207 e. The Morgan fingerprint density at radius 2 is 1.53 bits per heavy atom. The van der Waals surface area contributed by atoms with Crippen LogP contribution in [0.3, 0.4) is 0 Å². The van der Waals surface area contributed by atoms with Gasteiger partial charge in [0.25, 0.3) is 0 Å². The Morgan fingerprint density at radius 3 is 2.26 bits per heavy atom. The van der Waals surface area contributed by atoms with Gasteiger partial charge in [0.1, 0.15) is 5.82 Å². The molecule has 0 unspecified atom stereocenters. The lowest BCUT2D eigenvalue weighted by molar-refractivity contribution is 0.293. The van der Waals surface area contributed by atoms with E-state index in [4.69, 9.17) is 0 Å². The molecule has 0 amide bonds. The van der Waals surface area contributed by atoms with Gasteiger partial charge in [0.15, 0.2) is 23.3 Å². The van der Waals surface area contributed by atoms with Crippen molar-refractivity contribution in [2.45, 2.75) is 64.2 Å². The smallest absolute Gasteiger partial charge is 0.174 e. The highest BCUT2D eigenvalue weighted by molar-refractivity contribution is 5.84. The van der Waals surface area contributed by atoms with Crippen LogP contribution in [0.5, 0.6) is 0 Å². The predicted molar refractivity (Wildman–Crippen MR) is 125 cm³/mol. The fourth-order valence-electron chi connectivity index (χ4n) is 4.98. The molecule has 3 aromatic carbocycles. The lowest BCUT2D eigenvalue weighted by Crippen LogP contribution is -2.16. The van der Waals surface area contributed by atoms with E-state index in [2.05, 4.69) is 18.8 Å². The standard InChI is InChI=1S/C29H27F5/c1-2-3-4-5-18-6-10-20(11-7-18)26-25(31)17-22(27(32)29(26)34)12-8-19-9-14-23-21(16-19)13-15-24(30)28(23)33/h9,13-18,20H,2-7,10-11H2,1H3. The van der Waals surface area contributed by atoms with Gasteiger partial charge < -0.3 is 0 Å². The van der Waals surface area contributed by atoms with Crippen molar-refractivity contribution in [1.82, 2.24) is 0 Å². The molecule has 1 aliphatic rings. The number of hydrogen-bond donors (Lipinski definition) is 0. The Kier molecular flexibility index (Phi) is 7.56. The Labute approximate surface area is 197 Å². The third-order valence-electron chi connectivity index (χ3n) is 6.91. The number of rotatable bonds is 5. The summed E-state index contributed by atoms with van der Waals surface area (Å²) in [7, 11) is 0. The van der Waals surface area contributed by atoms with Gasteiger partial charge in [0.05, 0.1) is 5.56 Å². The van der Waals surface area contributed by atoms with Crippen LogP contribution in [0.25, 0.3) is 10.8 Å². The van der Waals surface area contributed by atoms with Gasteiger partial charge in [-0.3, -0.25) is 0 Å². The largest absolute Gasteiger partial charge is 0.207 e. The van der Waals surface area contributed by atoms with Gasteiger partial charge in [-0.05, 0) is 67.2 Å². The summed E-state index contributed by atoms with van der Waals surface area (Å²) in [5.41, 5.74) is -0.139. The predicted octanol–water partition coefficient (Wildman–Crippen LogP) is 8.79. The molecule has 1 fully saturated rings. The van der Waals surface area contributed by atoms with E-state index in [-0.39, 0.29) is 22.4 Å². The van der Waals surface area contributed by atoms with Crippen molar-refractivity contribution in [1.29, 1.82) is 0 Å². The maximum Gasteiger partial charge on any atom is 0.174 e. The van der Waals surface area contributed by atoms with Gasteiger partial charge in [0, 0.05) is 16.5 Å². The first kappa shape index (κ1) is 24.3. The Bertz CT molecular complexity index is 1240. The van der Waals surface area contributed by atoms with E-state index in [1.54, 1.807) is 0 Å². The zero-order valence-corrected chi connectivity index (χ0v) is 19.2.